The molecule has 0 atom stereocenters. The molecule has 102 valence electrons. The van der Waals surface area contributed by atoms with Crippen LogP contribution < -0.4 is 5.32 Å². The molecule has 0 radical (unpaired) electrons. The molecule has 1 aromatic heterocycles. The van der Waals surface area contributed by atoms with Crippen molar-refractivity contribution >= 4 is 17.5 Å². The maximum Gasteiger partial charge on any atom is 0.254 e. The van der Waals surface area contributed by atoms with Gasteiger partial charge in [0.1, 0.15) is 5.15 Å². The number of halogens is 1. The van der Waals surface area contributed by atoms with Crippen LogP contribution in [0.4, 0.5) is 0 Å². The zero-order chi connectivity index (χ0) is 13.2. The molecule has 3 rings (SSSR count). The van der Waals surface area contributed by atoms with Crippen molar-refractivity contribution < 1.29 is 4.79 Å². The minimum absolute atomic E-state index is 0.0492. The molecule has 0 bridgehead atoms. The zero-order valence-electron chi connectivity index (χ0n) is 11.0. The molecule has 2 fully saturated rings. The summed E-state index contributed by atoms with van der Waals surface area (Å²) in [4.78, 5) is 16.4. The van der Waals surface area contributed by atoms with Crippen molar-refractivity contribution in [1.29, 1.82) is 0 Å². The van der Waals surface area contributed by atoms with Crippen LogP contribution in [0.25, 0.3) is 0 Å². The minimum Gasteiger partial charge on any atom is -0.352 e. The van der Waals surface area contributed by atoms with Gasteiger partial charge in [0, 0.05) is 12.7 Å². The number of nitrogens with one attached hydrogen (secondary N) is 1. The van der Waals surface area contributed by atoms with Crippen molar-refractivity contribution in [3.63, 3.8) is 0 Å². The topological polar surface area (TPSA) is 42.0 Å². The van der Waals surface area contributed by atoms with Gasteiger partial charge in [0.2, 0.25) is 0 Å². The van der Waals surface area contributed by atoms with Crippen LogP contribution in [-0.4, -0.2) is 17.4 Å². The number of hydrogen-bond acceptors (Lipinski definition) is 2. The van der Waals surface area contributed by atoms with Gasteiger partial charge in [0.05, 0.1) is 5.56 Å². The van der Waals surface area contributed by atoms with Gasteiger partial charge >= 0.3 is 0 Å². The molecule has 4 heteroatoms. The van der Waals surface area contributed by atoms with Gasteiger partial charge in [0.25, 0.3) is 5.91 Å². The predicted octanol–water partition coefficient (Wildman–Crippen LogP) is 3.53. The molecule has 1 aromatic rings. The third kappa shape index (κ3) is 2.92. The van der Waals surface area contributed by atoms with E-state index in [2.05, 4.69) is 10.3 Å². The van der Waals surface area contributed by atoms with Crippen molar-refractivity contribution in [3.8, 4) is 0 Å². The van der Waals surface area contributed by atoms with Gasteiger partial charge in [0.15, 0.2) is 0 Å². The number of rotatable bonds is 4. The van der Waals surface area contributed by atoms with Crippen molar-refractivity contribution in [2.45, 2.75) is 44.4 Å². The summed E-state index contributed by atoms with van der Waals surface area (Å²) >= 11 is 6.12. The Kier molecular flexibility index (Phi) is 3.74. The summed E-state index contributed by atoms with van der Waals surface area (Å²) in [7, 11) is 0. The SMILES string of the molecule is O=C(NCC1CCCC1)c1c(C2CC2)ccnc1Cl. The van der Waals surface area contributed by atoms with E-state index in [0.717, 1.165) is 24.9 Å². The third-order valence-electron chi connectivity index (χ3n) is 4.21. The van der Waals surface area contributed by atoms with Crippen LogP contribution in [0.2, 0.25) is 5.15 Å². The molecular weight excluding hydrogens is 260 g/mol. The highest BCUT2D eigenvalue weighted by molar-refractivity contribution is 6.32. The summed E-state index contributed by atoms with van der Waals surface area (Å²) in [5.74, 6) is 1.10. The number of aromatic nitrogens is 1. The maximum absolute atomic E-state index is 12.3. The summed E-state index contributed by atoms with van der Waals surface area (Å²) in [5, 5.41) is 3.38. The highest BCUT2D eigenvalue weighted by Gasteiger charge is 2.30. The lowest BCUT2D eigenvalue weighted by atomic mass is 10.0. The molecule has 2 aliphatic carbocycles. The predicted molar refractivity (Wildman–Crippen MR) is 75.5 cm³/mol. The minimum atomic E-state index is -0.0492. The Bertz CT molecular complexity index is 479. The fourth-order valence-electron chi connectivity index (χ4n) is 2.95. The molecular formula is C15H19ClN2O. The normalized spacial score (nSPS) is 19.6. The van der Waals surface area contributed by atoms with E-state index < -0.39 is 0 Å². The van der Waals surface area contributed by atoms with Crippen molar-refractivity contribution in [3.05, 3.63) is 28.5 Å². The van der Waals surface area contributed by atoms with Crippen LogP contribution in [-0.2, 0) is 0 Å². The second kappa shape index (κ2) is 5.49. The second-order valence-corrected chi connectivity index (χ2v) is 6.06. The number of carbonyl (C=O) groups is 1. The summed E-state index contributed by atoms with van der Waals surface area (Å²) in [6.45, 7) is 0.772. The Balaban J connectivity index is 1.71. The molecule has 1 N–H and O–H groups in total. The highest BCUT2D eigenvalue weighted by Crippen LogP contribution is 2.42. The van der Waals surface area contributed by atoms with Crippen molar-refractivity contribution in [2.24, 2.45) is 5.92 Å². The van der Waals surface area contributed by atoms with Gasteiger partial charge in [-0.3, -0.25) is 4.79 Å². The number of pyridine rings is 1. The third-order valence-corrected chi connectivity index (χ3v) is 4.49. The molecule has 19 heavy (non-hydrogen) atoms. The van der Waals surface area contributed by atoms with Crippen LogP contribution in [0.15, 0.2) is 12.3 Å². The van der Waals surface area contributed by atoms with E-state index in [9.17, 15) is 4.79 Å². The molecule has 0 saturated heterocycles. The number of hydrogen-bond donors (Lipinski definition) is 1. The monoisotopic (exact) mass is 278 g/mol. The Morgan fingerprint density at radius 3 is 2.74 bits per heavy atom. The molecule has 1 amide bonds. The van der Waals surface area contributed by atoms with E-state index in [1.165, 1.54) is 25.7 Å². The van der Waals surface area contributed by atoms with Gasteiger partial charge < -0.3 is 5.32 Å². The lowest BCUT2D eigenvalue weighted by molar-refractivity contribution is 0.0946. The first-order chi connectivity index (χ1) is 9.25. The van der Waals surface area contributed by atoms with Crippen LogP contribution in [0, 0.1) is 5.92 Å². The van der Waals surface area contributed by atoms with Crippen molar-refractivity contribution in [2.75, 3.05) is 6.54 Å². The fraction of sp³-hybridized carbons (Fsp3) is 0.600. The van der Waals surface area contributed by atoms with Crippen LogP contribution >= 0.6 is 11.6 Å². The summed E-state index contributed by atoms with van der Waals surface area (Å²) in [6.07, 6.45) is 9.06. The molecule has 0 spiro atoms. The standard InChI is InChI=1S/C15H19ClN2O/c16-14-13(12(7-8-17-14)11-5-6-11)15(19)18-9-10-3-1-2-4-10/h7-8,10-11H,1-6,9H2,(H,18,19). The lowest BCUT2D eigenvalue weighted by Gasteiger charge is -2.13. The van der Waals surface area contributed by atoms with Crippen LogP contribution in [0.1, 0.15) is 60.4 Å². The maximum atomic E-state index is 12.3. The average Bonchev–Trinajstić information content (AvgIpc) is 3.12. The van der Waals surface area contributed by atoms with Gasteiger partial charge in [-0.25, -0.2) is 4.98 Å². The molecule has 0 unspecified atom stereocenters. The van der Waals surface area contributed by atoms with E-state index in [1.807, 2.05) is 6.07 Å². The van der Waals surface area contributed by atoms with Gasteiger partial charge in [-0.2, -0.15) is 0 Å². The fourth-order valence-corrected chi connectivity index (χ4v) is 3.20. The van der Waals surface area contributed by atoms with Gasteiger partial charge in [-0.1, -0.05) is 24.4 Å². The second-order valence-electron chi connectivity index (χ2n) is 5.70. The largest absolute Gasteiger partial charge is 0.352 e. The Labute approximate surface area is 118 Å². The molecule has 1 heterocycles. The first-order valence-corrected chi connectivity index (χ1v) is 7.56. The van der Waals surface area contributed by atoms with Crippen LogP contribution in [0.3, 0.4) is 0 Å². The summed E-state index contributed by atoms with van der Waals surface area (Å²) < 4.78 is 0. The first-order valence-electron chi connectivity index (χ1n) is 7.18. The Hall–Kier alpha value is -1.09. The summed E-state index contributed by atoms with van der Waals surface area (Å²) in [5.41, 5.74) is 1.67. The van der Waals surface area contributed by atoms with E-state index in [1.54, 1.807) is 6.20 Å². The highest BCUT2D eigenvalue weighted by atomic mass is 35.5. The molecule has 2 aliphatic rings. The van der Waals surface area contributed by atoms with E-state index in [0.29, 0.717) is 22.6 Å². The van der Waals surface area contributed by atoms with E-state index in [-0.39, 0.29) is 5.91 Å². The molecule has 3 nitrogen and oxygen atoms in total. The number of carbonyl (C=O) groups excluding carboxylic acids is 1. The van der Waals surface area contributed by atoms with Gasteiger partial charge in [-0.15, -0.1) is 0 Å². The Morgan fingerprint density at radius 1 is 1.32 bits per heavy atom. The molecule has 2 saturated carbocycles. The van der Waals surface area contributed by atoms with Crippen LogP contribution in [0.5, 0.6) is 0 Å². The quantitative estimate of drug-likeness (QED) is 0.856. The smallest absolute Gasteiger partial charge is 0.254 e. The number of amides is 1. The van der Waals surface area contributed by atoms with E-state index in [4.69, 9.17) is 11.6 Å². The van der Waals surface area contributed by atoms with E-state index >= 15 is 0 Å². The lowest BCUT2D eigenvalue weighted by Crippen LogP contribution is -2.29. The Morgan fingerprint density at radius 2 is 2.05 bits per heavy atom. The van der Waals surface area contributed by atoms with Gasteiger partial charge in [-0.05, 0) is 49.1 Å². The average molecular weight is 279 g/mol. The molecule has 0 aliphatic heterocycles. The summed E-state index contributed by atoms with van der Waals surface area (Å²) in [6, 6.07) is 1.94. The van der Waals surface area contributed by atoms with Crippen molar-refractivity contribution in [1.82, 2.24) is 10.3 Å². The molecule has 0 aromatic carbocycles. The number of nitrogens with zero attached hydrogens (tertiary/aromatic N) is 1. The first kappa shape index (κ1) is 12.9. The zero-order valence-corrected chi connectivity index (χ0v) is 11.7.